The Morgan fingerprint density at radius 1 is 1.06 bits per heavy atom. The molecule has 86 valence electrons. The van der Waals surface area contributed by atoms with Gasteiger partial charge in [-0.3, -0.25) is 0 Å². The average Bonchev–Trinajstić information content (AvgIpc) is 2.65. The van der Waals surface area contributed by atoms with E-state index < -0.39 is 12.0 Å². The van der Waals surface area contributed by atoms with Crippen LogP contribution in [0.15, 0.2) is 34.9 Å². The number of furan rings is 1. The average molecular weight is 238 g/mol. The van der Waals surface area contributed by atoms with Crippen molar-refractivity contribution >= 4 is 22.1 Å². The lowest BCUT2D eigenvalue weighted by Gasteiger charge is -2.02. The molecule has 0 aliphatic rings. The summed E-state index contributed by atoms with van der Waals surface area (Å²) in [7, 11) is 0. The summed E-state index contributed by atoms with van der Waals surface area (Å²) in [5.41, 5.74) is 0.929. The molecule has 0 aliphatic carbocycles. The molecule has 3 aromatic rings. The maximum atomic E-state index is 12.5. The first kappa shape index (κ1) is 10.1. The molecular formula is C11H5F3N2O. The van der Waals surface area contributed by atoms with E-state index in [1.807, 2.05) is 0 Å². The number of nitrogens with zero attached hydrogens (tertiary/aromatic N) is 2. The van der Waals surface area contributed by atoms with Crippen LogP contribution >= 0.6 is 0 Å². The Morgan fingerprint density at radius 3 is 2.59 bits per heavy atom. The third kappa shape index (κ3) is 1.52. The normalized spacial score (nSPS) is 12.4. The largest absolute Gasteiger partial charge is 0.453 e. The molecule has 0 unspecified atom stereocenters. The highest BCUT2D eigenvalue weighted by Gasteiger charge is 2.35. The highest BCUT2D eigenvalue weighted by atomic mass is 19.4. The zero-order chi connectivity index (χ0) is 12.0. The number of benzene rings is 1. The van der Waals surface area contributed by atoms with Gasteiger partial charge < -0.3 is 4.42 Å². The number of aromatic nitrogens is 2. The Morgan fingerprint density at radius 2 is 1.82 bits per heavy atom. The Bertz CT molecular complexity index is 703. The highest BCUT2D eigenvalue weighted by molar-refractivity contribution is 6.01. The minimum absolute atomic E-state index is 0.183. The molecule has 0 aliphatic heterocycles. The molecule has 3 rings (SSSR count). The van der Waals surface area contributed by atoms with Crippen molar-refractivity contribution in [3.05, 3.63) is 36.3 Å². The number of halogens is 3. The van der Waals surface area contributed by atoms with Crippen molar-refractivity contribution < 1.29 is 17.6 Å². The molecule has 0 N–H and O–H groups in total. The monoisotopic (exact) mass is 238 g/mol. The Hall–Kier alpha value is -2.11. The lowest BCUT2D eigenvalue weighted by atomic mass is 10.2. The van der Waals surface area contributed by atoms with Crippen molar-refractivity contribution in [3.8, 4) is 0 Å². The van der Waals surface area contributed by atoms with Crippen LogP contribution in [0.5, 0.6) is 0 Å². The molecule has 0 saturated heterocycles. The predicted molar refractivity (Wildman–Crippen MR) is 54.3 cm³/mol. The minimum Gasteiger partial charge on any atom is -0.453 e. The molecule has 0 radical (unpaired) electrons. The highest BCUT2D eigenvalue weighted by Crippen LogP contribution is 2.31. The van der Waals surface area contributed by atoms with E-state index in [0.717, 1.165) is 6.20 Å². The molecule has 2 heterocycles. The molecule has 1 aromatic carbocycles. The summed E-state index contributed by atoms with van der Waals surface area (Å²) in [6.45, 7) is 0. The molecule has 0 amide bonds. The topological polar surface area (TPSA) is 38.9 Å². The van der Waals surface area contributed by atoms with Gasteiger partial charge in [-0.1, -0.05) is 12.1 Å². The van der Waals surface area contributed by atoms with Crippen LogP contribution in [0.3, 0.4) is 0 Å². The van der Waals surface area contributed by atoms with Crippen LogP contribution in [0.2, 0.25) is 0 Å². The molecule has 0 bridgehead atoms. The van der Waals surface area contributed by atoms with Gasteiger partial charge in [0.05, 0.1) is 6.20 Å². The zero-order valence-electron chi connectivity index (χ0n) is 8.32. The lowest BCUT2D eigenvalue weighted by molar-refractivity contribution is -0.144. The van der Waals surface area contributed by atoms with Gasteiger partial charge in [-0.05, 0) is 12.1 Å². The fourth-order valence-corrected chi connectivity index (χ4v) is 1.64. The van der Waals surface area contributed by atoms with Crippen molar-refractivity contribution in [3.63, 3.8) is 0 Å². The molecule has 3 nitrogen and oxygen atoms in total. The van der Waals surface area contributed by atoms with E-state index >= 15 is 0 Å². The molecular weight excluding hydrogens is 233 g/mol. The van der Waals surface area contributed by atoms with Crippen molar-refractivity contribution in [2.75, 3.05) is 0 Å². The van der Waals surface area contributed by atoms with Gasteiger partial charge in [0.25, 0.3) is 0 Å². The first-order valence-corrected chi connectivity index (χ1v) is 4.77. The molecule has 0 saturated carbocycles. The maximum Gasteiger partial charge on any atom is 0.451 e. The van der Waals surface area contributed by atoms with Crippen molar-refractivity contribution in [2.45, 2.75) is 6.18 Å². The van der Waals surface area contributed by atoms with E-state index in [2.05, 4.69) is 9.97 Å². The maximum absolute atomic E-state index is 12.5. The van der Waals surface area contributed by atoms with E-state index in [1.54, 1.807) is 24.3 Å². The van der Waals surface area contributed by atoms with E-state index in [0.29, 0.717) is 11.0 Å². The van der Waals surface area contributed by atoms with E-state index in [4.69, 9.17) is 4.42 Å². The zero-order valence-corrected chi connectivity index (χ0v) is 8.32. The lowest BCUT2D eigenvalue weighted by Crippen LogP contribution is -2.10. The quantitative estimate of drug-likeness (QED) is 0.602. The second kappa shape index (κ2) is 3.19. The predicted octanol–water partition coefficient (Wildman–Crippen LogP) is 3.39. The van der Waals surface area contributed by atoms with Crippen molar-refractivity contribution in [2.24, 2.45) is 0 Å². The fraction of sp³-hybridized carbons (Fsp3) is 0.0909. The summed E-state index contributed by atoms with van der Waals surface area (Å²) >= 11 is 0. The summed E-state index contributed by atoms with van der Waals surface area (Å²) in [4.78, 5) is 6.75. The van der Waals surface area contributed by atoms with Crippen LogP contribution in [-0.2, 0) is 6.18 Å². The summed E-state index contributed by atoms with van der Waals surface area (Å²) in [6.07, 6.45) is -3.50. The van der Waals surface area contributed by atoms with Gasteiger partial charge in [0, 0.05) is 5.39 Å². The van der Waals surface area contributed by atoms with Crippen molar-refractivity contribution in [1.82, 2.24) is 9.97 Å². The summed E-state index contributed by atoms with van der Waals surface area (Å²) < 4.78 is 42.7. The number of hydrogen-bond acceptors (Lipinski definition) is 3. The molecule has 17 heavy (non-hydrogen) atoms. The minimum atomic E-state index is -4.55. The third-order valence-corrected chi connectivity index (χ3v) is 2.37. The molecule has 0 spiro atoms. The van der Waals surface area contributed by atoms with Gasteiger partial charge in [-0.2, -0.15) is 13.2 Å². The first-order chi connectivity index (χ1) is 8.05. The van der Waals surface area contributed by atoms with Crippen LogP contribution in [0.1, 0.15) is 5.82 Å². The van der Waals surface area contributed by atoms with Crippen LogP contribution < -0.4 is 0 Å². The van der Waals surface area contributed by atoms with Crippen LogP contribution in [0, 0.1) is 0 Å². The second-order valence-electron chi connectivity index (χ2n) is 3.50. The van der Waals surface area contributed by atoms with Gasteiger partial charge in [-0.25, -0.2) is 9.97 Å². The summed E-state index contributed by atoms with van der Waals surface area (Å²) in [5.74, 6) is -1.16. The molecule has 0 fully saturated rings. The van der Waals surface area contributed by atoms with E-state index in [9.17, 15) is 13.2 Å². The third-order valence-electron chi connectivity index (χ3n) is 2.37. The fourth-order valence-electron chi connectivity index (χ4n) is 1.64. The Labute approximate surface area is 92.9 Å². The number of para-hydroxylation sites is 1. The molecule has 6 heteroatoms. The first-order valence-electron chi connectivity index (χ1n) is 4.77. The molecule has 0 atom stereocenters. The molecule has 2 aromatic heterocycles. The van der Waals surface area contributed by atoms with Crippen LogP contribution in [0.25, 0.3) is 22.1 Å². The van der Waals surface area contributed by atoms with Gasteiger partial charge in [0.1, 0.15) is 11.1 Å². The van der Waals surface area contributed by atoms with Gasteiger partial charge >= 0.3 is 6.18 Å². The summed E-state index contributed by atoms with van der Waals surface area (Å²) in [6, 6.07) is 6.79. The summed E-state index contributed by atoms with van der Waals surface area (Å²) in [5, 5.41) is 0.551. The van der Waals surface area contributed by atoms with Gasteiger partial charge in [0.2, 0.25) is 5.82 Å². The van der Waals surface area contributed by atoms with Crippen LogP contribution in [0.4, 0.5) is 13.2 Å². The van der Waals surface area contributed by atoms with Crippen molar-refractivity contribution in [1.29, 1.82) is 0 Å². The van der Waals surface area contributed by atoms with Crippen LogP contribution in [-0.4, -0.2) is 9.97 Å². The number of rotatable bonds is 0. The Balaban J connectivity index is 2.38. The van der Waals surface area contributed by atoms with Gasteiger partial charge in [0.15, 0.2) is 5.58 Å². The van der Waals surface area contributed by atoms with E-state index in [1.165, 1.54) is 0 Å². The number of fused-ring (bicyclic) bond motifs is 3. The SMILES string of the molecule is FC(F)(F)c1ncc2oc3ccccc3c2n1. The van der Waals surface area contributed by atoms with Gasteiger partial charge in [-0.15, -0.1) is 0 Å². The number of hydrogen-bond donors (Lipinski definition) is 0. The second-order valence-corrected chi connectivity index (χ2v) is 3.50. The number of alkyl halides is 3. The van der Waals surface area contributed by atoms with E-state index in [-0.39, 0.29) is 11.1 Å². The standard InChI is InChI=1S/C11H5F3N2O/c12-11(13,14)10-15-5-8-9(16-10)6-3-1-2-4-7(6)17-8/h1-5H. The smallest absolute Gasteiger partial charge is 0.451 e. The Kier molecular flexibility index (Phi) is 1.89.